The van der Waals surface area contributed by atoms with E-state index in [-0.39, 0.29) is 22.1 Å². The SMILES string of the molecule is CN(Cc1ccccc1Br)C(=O)c1cccc(S(=O)(=O)Nc2ccccc2F)c1. The van der Waals surface area contributed by atoms with Gasteiger partial charge < -0.3 is 4.90 Å². The van der Waals surface area contributed by atoms with Gasteiger partial charge in [-0.2, -0.15) is 0 Å². The van der Waals surface area contributed by atoms with Crippen LogP contribution in [0.1, 0.15) is 15.9 Å². The number of carbonyl (C=O) groups is 1. The zero-order valence-corrected chi connectivity index (χ0v) is 17.9. The molecule has 8 heteroatoms. The number of nitrogens with zero attached hydrogens (tertiary/aromatic N) is 1. The molecule has 0 spiro atoms. The summed E-state index contributed by atoms with van der Waals surface area (Å²) in [6.07, 6.45) is 0. The maximum absolute atomic E-state index is 13.8. The van der Waals surface area contributed by atoms with Crippen molar-refractivity contribution in [2.45, 2.75) is 11.4 Å². The van der Waals surface area contributed by atoms with Gasteiger partial charge in [-0.1, -0.05) is 52.3 Å². The molecule has 0 saturated carbocycles. The monoisotopic (exact) mass is 476 g/mol. The van der Waals surface area contributed by atoms with Gasteiger partial charge in [0, 0.05) is 23.6 Å². The second-order valence-corrected chi connectivity index (χ2v) is 8.90. The number of para-hydroxylation sites is 1. The van der Waals surface area contributed by atoms with E-state index in [2.05, 4.69) is 20.7 Å². The Balaban J connectivity index is 1.82. The van der Waals surface area contributed by atoms with Crippen LogP contribution in [-0.2, 0) is 16.6 Å². The number of benzene rings is 3. The van der Waals surface area contributed by atoms with Crippen LogP contribution in [0.15, 0.2) is 82.2 Å². The van der Waals surface area contributed by atoms with E-state index in [1.54, 1.807) is 13.1 Å². The lowest BCUT2D eigenvalue weighted by molar-refractivity contribution is 0.0784. The zero-order valence-electron chi connectivity index (χ0n) is 15.5. The molecule has 0 aliphatic carbocycles. The molecule has 0 atom stereocenters. The molecule has 0 radical (unpaired) electrons. The van der Waals surface area contributed by atoms with Crippen LogP contribution in [-0.4, -0.2) is 26.3 Å². The lowest BCUT2D eigenvalue weighted by Crippen LogP contribution is -2.26. The topological polar surface area (TPSA) is 66.5 Å². The third-order valence-electron chi connectivity index (χ3n) is 4.22. The van der Waals surface area contributed by atoms with E-state index in [9.17, 15) is 17.6 Å². The number of halogens is 2. The fourth-order valence-electron chi connectivity index (χ4n) is 2.72. The number of hydrogen-bond acceptors (Lipinski definition) is 3. The number of nitrogens with one attached hydrogen (secondary N) is 1. The summed E-state index contributed by atoms with van der Waals surface area (Å²) < 4.78 is 42.1. The van der Waals surface area contributed by atoms with Gasteiger partial charge in [0.1, 0.15) is 5.82 Å². The zero-order chi connectivity index (χ0) is 21.0. The van der Waals surface area contributed by atoms with Gasteiger partial charge in [-0.15, -0.1) is 0 Å². The summed E-state index contributed by atoms with van der Waals surface area (Å²) in [5.41, 5.74) is 0.986. The second-order valence-electron chi connectivity index (χ2n) is 6.37. The summed E-state index contributed by atoms with van der Waals surface area (Å²) in [6.45, 7) is 0.352. The third kappa shape index (κ3) is 5.02. The fraction of sp³-hybridized carbons (Fsp3) is 0.0952. The number of hydrogen-bond donors (Lipinski definition) is 1. The molecule has 0 saturated heterocycles. The van der Waals surface area contributed by atoms with Gasteiger partial charge in [0.05, 0.1) is 10.6 Å². The van der Waals surface area contributed by atoms with Crippen molar-refractivity contribution in [1.29, 1.82) is 0 Å². The Kier molecular flexibility index (Phi) is 6.34. The van der Waals surface area contributed by atoms with Gasteiger partial charge in [-0.05, 0) is 42.0 Å². The minimum Gasteiger partial charge on any atom is -0.337 e. The Labute approximate surface area is 177 Å². The summed E-state index contributed by atoms with van der Waals surface area (Å²) in [4.78, 5) is 14.2. The summed E-state index contributed by atoms with van der Waals surface area (Å²) in [6, 6.07) is 18.7. The van der Waals surface area contributed by atoms with Crippen molar-refractivity contribution >= 4 is 37.5 Å². The lowest BCUT2D eigenvalue weighted by Gasteiger charge is -2.18. The van der Waals surface area contributed by atoms with Gasteiger partial charge in [0.15, 0.2) is 0 Å². The molecule has 1 N–H and O–H groups in total. The van der Waals surface area contributed by atoms with Crippen LogP contribution in [0.5, 0.6) is 0 Å². The predicted molar refractivity (Wildman–Crippen MR) is 114 cm³/mol. The normalized spacial score (nSPS) is 11.1. The molecule has 29 heavy (non-hydrogen) atoms. The Hall–Kier alpha value is -2.71. The molecule has 1 amide bonds. The number of sulfonamides is 1. The molecule has 0 aliphatic heterocycles. The number of carbonyl (C=O) groups excluding carboxylic acids is 1. The maximum Gasteiger partial charge on any atom is 0.262 e. The maximum atomic E-state index is 13.8. The minimum absolute atomic E-state index is 0.124. The lowest BCUT2D eigenvalue weighted by atomic mass is 10.1. The predicted octanol–water partition coefficient (Wildman–Crippen LogP) is 4.66. The van der Waals surface area contributed by atoms with Crippen molar-refractivity contribution in [3.63, 3.8) is 0 Å². The van der Waals surface area contributed by atoms with Gasteiger partial charge in [0.2, 0.25) is 0 Å². The average molecular weight is 477 g/mol. The van der Waals surface area contributed by atoms with Crippen LogP contribution in [0.2, 0.25) is 0 Å². The van der Waals surface area contributed by atoms with Crippen molar-refractivity contribution in [2.24, 2.45) is 0 Å². The minimum atomic E-state index is -4.05. The molecule has 0 aliphatic rings. The molecular formula is C21H18BrFN2O3S. The molecule has 0 fully saturated rings. The average Bonchev–Trinajstić information content (AvgIpc) is 2.71. The van der Waals surface area contributed by atoms with E-state index in [0.717, 1.165) is 16.1 Å². The molecule has 150 valence electrons. The summed E-state index contributed by atoms with van der Waals surface area (Å²) in [5.74, 6) is -1.01. The quantitative estimate of drug-likeness (QED) is 0.562. The van der Waals surface area contributed by atoms with Crippen molar-refractivity contribution in [2.75, 3.05) is 11.8 Å². The Morgan fingerprint density at radius 3 is 2.45 bits per heavy atom. The van der Waals surface area contributed by atoms with Crippen LogP contribution in [0.3, 0.4) is 0 Å². The highest BCUT2D eigenvalue weighted by Gasteiger charge is 2.19. The standard InChI is InChI=1S/C21H18BrFN2O3S/c1-25(14-16-7-2-3-10-18(16)22)21(26)15-8-6-9-17(13-15)29(27,28)24-20-12-5-4-11-19(20)23/h2-13,24H,14H2,1H3. The molecule has 5 nitrogen and oxygen atoms in total. The number of anilines is 1. The van der Waals surface area contributed by atoms with E-state index < -0.39 is 15.8 Å². The summed E-state index contributed by atoms with van der Waals surface area (Å²) in [5, 5.41) is 0. The van der Waals surface area contributed by atoms with E-state index in [4.69, 9.17) is 0 Å². The van der Waals surface area contributed by atoms with E-state index in [1.807, 2.05) is 24.3 Å². The molecule has 0 unspecified atom stereocenters. The van der Waals surface area contributed by atoms with Crippen LogP contribution in [0.25, 0.3) is 0 Å². The van der Waals surface area contributed by atoms with Crippen molar-refractivity contribution in [3.05, 3.63) is 94.2 Å². The van der Waals surface area contributed by atoms with Crippen LogP contribution >= 0.6 is 15.9 Å². The molecule has 0 aromatic heterocycles. The molecule has 3 aromatic rings. The summed E-state index contributed by atoms with van der Waals surface area (Å²) in [7, 11) is -2.41. The van der Waals surface area contributed by atoms with E-state index in [0.29, 0.717) is 6.54 Å². The highest BCUT2D eigenvalue weighted by atomic mass is 79.9. The first-order valence-electron chi connectivity index (χ1n) is 8.64. The second kappa shape index (κ2) is 8.75. The highest BCUT2D eigenvalue weighted by molar-refractivity contribution is 9.10. The van der Waals surface area contributed by atoms with Crippen molar-refractivity contribution in [3.8, 4) is 0 Å². The first-order chi connectivity index (χ1) is 13.8. The number of amides is 1. The molecular weight excluding hydrogens is 459 g/mol. The van der Waals surface area contributed by atoms with Gasteiger partial charge >= 0.3 is 0 Å². The molecule has 3 aromatic carbocycles. The largest absolute Gasteiger partial charge is 0.337 e. The smallest absolute Gasteiger partial charge is 0.262 e. The van der Waals surface area contributed by atoms with Crippen LogP contribution in [0, 0.1) is 5.82 Å². The Morgan fingerprint density at radius 1 is 1.03 bits per heavy atom. The third-order valence-corrected chi connectivity index (χ3v) is 6.36. The first-order valence-corrected chi connectivity index (χ1v) is 10.9. The van der Waals surface area contributed by atoms with Crippen molar-refractivity contribution in [1.82, 2.24) is 4.90 Å². The van der Waals surface area contributed by atoms with Crippen LogP contribution < -0.4 is 4.72 Å². The summed E-state index contributed by atoms with van der Waals surface area (Å²) >= 11 is 3.45. The Morgan fingerprint density at radius 2 is 1.72 bits per heavy atom. The molecule has 0 bridgehead atoms. The first kappa shape index (κ1) is 21.0. The van der Waals surface area contributed by atoms with Gasteiger partial charge in [0.25, 0.3) is 15.9 Å². The highest BCUT2D eigenvalue weighted by Crippen LogP contribution is 2.21. The van der Waals surface area contributed by atoms with Gasteiger partial charge in [-0.25, -0.2) is 12.8 Å². The Bertz CT molecular complexity index is 1150. The fourth-order valence-corrected chi connectivity index (χ4v) is 4.24. The molecule has 3 rings (SSSR count). The number of rotatable bonds is 6. The van der Waals surface area contributed by atoms with E-state index >= 15 is 0 Å². The van der Waals surface area contributed by atoms with Gasteiger partial charge in [-0.3, -0.25) is 9.52 Å². The van der Waals surface area contributed by atoms with Crippen LogP contribution in [0.4, 0.5) is 10.1 Å². The van der Waals surface area contributed by atoms with E-state index in [1.165, 1.54) is 41.3 Å². The molecule has 0 heterocycles. The van der Waals surface area contributed by atoms with Crippen molar-refractivity contribution < 1.29 is 17.6 Å².